The van der Waals surface area contributed by atoms with E-state index in [1.165, 1.54) is 21.0 Å². The van der Waals surface area contributed by atoms with Gasteiger partial charge in [-0.1, -0.05) is 0 Å². The summed E-state index contributed by atoms with van der Waals surface area (Å²) in [6.45, 7) is 1.35. The molecule has 0 aliphatic rings. The number of alkyl halides is 2. The minimum absolute atomic E-state index is 0.0337. The van der Waals surface area contributed by atoms with Crippen molar-refractivity contribution >= 4 is 10.0 Å². The first-order valence-corrected chi connectivity index (χ1v) is 5.80. The Bertz CT molecular complexity index is 254. The fourth-order valence-electron chi connectivity index (χ4n) is 0.687. The van der Waals surface area contributed by atoms with Gasteiger partial charge in [-0.2, -0.15) is 0 Å². The van der Waals surface area contributed by atoms with Crippen LogP contribution in [0.3, 0.4) is 0 Å². The molecule has 0 amide bonds. The van der Waals surface area contributed by atoms with Crippen LogP contribution < -0.4 is 5.32 Å². The zero-order valence-electron chi connectivity index (χ0n) is 8.50. The van der Waals surface area contributed by atoms with Gasteiger partial charge in [0.15, 0.2) is 0 Å². The molecule has 86 valence electrons. The minimum Gasteiger partial charge on any atom is -0.308 e. The van der Waals surface area contributed by atoms with E-state index < -0.39 is 22.5 Å². The molecular weight excluding hydrogens is 214 g/mol. The Kier molecular flexibility index (Phi) is 5.46. The molecule has 0 bridgehead atoms. The first-order valence-electron chi connectivity index (χ1n) is 4.19. The van der Waals surface area contributed by atoms with Gasteiger partial charge >= 0.3 is 0 Å². The van der Waals surface area contributed by atoms with E-state index in [4.69, 9.17) is 0 Å². The Balaban J connectivity index is 3.86. The van der Waals surface area contributed by atoms with Crippen molar-refractivity contribution in [2.24, 2.45) is 0 Å². The predicted molar refractivity (Wildman–Crippen MR) is 50.9 cm³/mol. The number of hydrogen-bond acceptors (Lipinski definition) is 3. The van der Waals surface area contributed by atoms with Gasteiger partial charge in [-0.15, -0.1) is 0 Å². The van der Waals surface area contributed by atoms with Crippen LogP contribution in [0.1, 0.15) is 6.92 Å². The van der Waals surface area contributed by atoms with Crippen molar-refractivity contribution in [3.8, 4) is 0 Å². The molecule has 1 unspecified atom stereocenters. The second kappa shape index (κ2) is 5.57. The highest BCUT2D eigenvalue weighted by Crippen LogP contribution is 1.99. The largest absolute Gasteiger partial charge is 0.308 e. The summed E-state index contributed by atoms with van der Waals surface area (Å²) in [5, 5.41) is 2.44. The molecule has 0 fully saturated rings. The van der Waals surface area contributed by atoms with Gasteiger partial charge < -0.3 is 5.32 Å². The van der Waals surface area contributed by atoms with E-state index in [2.05, 4.69) is 5.32 Å². The molecule has 0 rings (SSSR count). The minimum atomic E-state index is -3.29. The van der Waals surface area contributed by atoms with Crippen LogP contribution in [0.2, 0.25) is 0 Å². The number of halogens is 2. The Morgan fingerprint density at radius 3 is 2.21 bits per heavy atom. The summed E-state index contributed by atoms with van der Waals surface area (Å²) in [5.41, 5.74) is 0. The van der Waals surface area contributed by atoms with Crippen molar-refractivity contribution in [1.82, 2.24) is 9.62 Å². The average molecular weight is 230 g/mol. The Morgan fingerprint density at radius 2 is 1.86 bits per heavy atom. The first kappa shape index (κ1) is 13.7. The summed E-state index contributed by atoms with van der Waals surface area (Å²) < 4.78 is 47.4. The summed E-state index contributed by atoms with van der Waals surface area (Å²) in [6, 6.07) is -0.979. The summed E-state index contributed by atoms with van der Waals surface area (Å²) in [7, 11) is -0.476. The van der Waals surface area contributed by atoms with Crippen molar-refractivity contribution in [3.05, 3.63) is 0 Å². The number of rotatable bonds is 6. The van der Waals surface area contributed by atoms with Gasteiger partial charge in [0.25, 0.3) is 6.43 Å². The highest BCUT2D eigenvalue weighted by molar-refractivity contribution is 7.89. The fraction of sp³-hybridized carbons (Fsp3) is 1.00. The molecule has 0 saturated heterocycles. The molecule has 0 radical (unpaired) electrons. The zero-order chi connectivity index (χ0) is 11.4. The van der Waals surface area contributed by atoms with Crippen LogP contribution in [0.25, 0.3) is 0 Å². The van der Waals surface area contributed by atoms with Crippen molar-refractivity contribution in [1.29, 1.82) is 0 Å². The van der Waals surface area contributed by atoms with Crippen LogP contribution in [-0.4, -0.2) is 51.6 Å². The molecule has 0 aromatic heterocycles. The van der Waals surface area contributed by atoms with E-state index in [1.54, 1.807) is 0 Å². The lowest BCUT2D eigenvalue weighted by atomic mass is 10.3. The fourth-order valence-corrected chi connectivity index (χ4v) is 1.43. The van der Waals surface area contributed by atoms with Crippen LogP contribution >= 0.6 is 0 Å². The van der Waals surface area contributed by atoms with Crippen LogP contribution in [-0.2, 0) is 10.0 Å². The van der Waals surface area contributed by atoms with E-state index in [9.17, 15) is 17.2 Å². The second-order valence-electron chi connectivity index (χ2n) is 3.18. The predicted octanol–water partition coefficient (Wildman–Crippen LogP) is 0.121. The second-order valence-corrected chi connectivity index (χ2v) is 5.48. The van der Waals surface area contributed by atoms with E-state index in [0.29, 0.717) is 0 Å². The van der Waals surface area contributed by atoms with Crippen LogP contribution in [0.4, 0.5) is 8.78 Å². The molecule has 0 aliphatic heterocycles. The third-order valence-corrected chi connectivity index (χ3v) is 3.59. The summed E-state index contributed by atoms with van der Waals surface area (Å²) in [4.78, 5) is 0. The Hall–Kier alpha value is -0.270. The van der Waals surface area contributed by atoms with Gasteiger partial charge in [-0.3, -0.25) is 0 Å². The lowest BCUT2D eigenvalue weighted by molar-refractivity contribution is 0.107. The van der Waals surface area contributed by atoms with E-state index in [1.807, 2.05) is 0 Å². The standard InChI is InChI=1S/C7H16F2N2O2S/c1-6(7(8)9)10-4-5-14(12,13)11(2)3/h6-7,10H,4-5H2,1-3H3. The molecule has 14 heavy (non-hydrogen) atoms. The van der Waals surface area contributed by atoms with Gasteiger partial charge in [0, 0.05) is 20.6 Å². The maximum Gasteiger partial charge on any atom is 0.253 e. The van der Waals surface area contributed by atoms with E-state index in [-0.39, 0.29) is 12.3 Å². The van der Waals surface area contributed by atoms with Crippen LogP contribution in [0.5, 0.6) is 0 Å². The van der Waals surface area contributed by atoms with Crippen molar-refractivity contribution in [2.75, 3.05) is 26.4 Å². The average Bonchev–Trinajstić information content (AvgIpc) is 2.03. The maximum absolute atomic E-state index is 12.0. The van der Waals surface area contributed by atoms with Gasteiger partial charge in [0.05, 0.1) is 11.8 Å². The molecule has 1 atom stereocenters. The topological polar surface area (TPSA) is 49.4 Å². The third kappa shape index (κ3) is 4.83. The van der Waals surface area contributed by atoms with Gasteiger partial charge in [0.2, 0.25) is 10.0 Å². The third-order valence-electron chi connectivity index (χ3n) is 1.76. The number of sulfonamides is 1. The van der Waals surface area contributed by atoms with Gasteiger partial charge in [0.1, 0.15) is 0 Å². The Labute approximate surface area is 83.3 Å². The molecule has 0 spiro atoms. The SMILES string of the molecule is CC(NCCS(=O)(=O)N(C)C)C(F)F. The lowest BCUT2D eigenvalue weighted by Gasteiger charge is -2.14. The molecule has 1 N–H and O–H groups in total. The summed E-state index contributed by atoms with van der Waals surface area (Å²) in [6.07, 6.45) is -2.47. The number of nitrogens with zero attached hydrogens (tertiary/aromatic N) is 1. The molecule has 7 heteroatoms. The van der Waals surface area contributed by atoms with Gasteiger partial charge in [-0.05, 0) is 6.92 Å². The van der Waals surface area contributed by atoms with Crippen LogP contribution in [0.15, 0.2) is 0 Å². The lowest BCUT2D eigenvalue weighted by Crippen LogP contribution is -2.38. The molecule has 0 saturated carbocycles. The number of nitrogens with one attached hydrogen (secondary N) is 1. The number of hydrogen-bond donors (Lipinski definition) is 1. The molecule has 0 aromatic rings. The van der Waals surface area contributed by atoms with E-state index >= 15 is 0 Å². The molecular formula is C7H16F2N2O2S. The highest BCUT2D eigenvalue weighted by atomic mass is 32.2. The summed E-state index contributed by atoms with van der Waals surface area (Å²) >= 11 is 0. The Morgan fingerprint density at radius 1 is 1.36 bits per heavy atom. The van der Waals surface area contributed by atoms with Crippen molar-refractivity contribution in [3.63, 3.8) is 0 Å². The molecule has 4 nitrogen and oxygen atoms in total. The smallest absolute Gasteiger partial charge is 0.253 e. The maximum atomic E-state index is 12.0. The highest BCUT2D eigenvalue weighted by Gasteiger charge is 2.16. The first-order chi connectivity index (χ1) is 6.27. The normalized spacial score (nSPS) is 15.1. The monoisotopic (exact) mass is 230 g/mol. The van der Waals surface area contributed by atoms with Gasteiger partial charge in [-0.25, -0.2) is 21.5 Å². The van der Waals surface area contributed by atoms with E-state index in [0.717, 1.165) is 4.31 Å². The zero-order valence-corrected chi connectivity index (χ0v) is 9.31. The summed E-state index contributed by atoms with van der Waals surface area (Å²) in [5.74, 6) is -0.170. The molecule has 0 aromatic carbocycles. The molecule has 0 aliphatic carbocycles. The quantitative estimate of drug-likeness (QED) is 0.705. The van der Waals surface area contributed by atoms with Crippen molar-refractivity contribution < 1.29 is 17.2 Å². The van der Waals surface area contributed by atoms with Crippen LogP contribution in [0, 0.1) is 0 Å². The van der Waals surface area contributed by atoms with Crippen molar-refractivity contribution in [2.45, 2.75) is 19.4 Å². The molecule has 0 heterocycles.